The summed E-state index contributed by atoms with van der Waals surface area (Å²) in [4.78, 5) is 16.2. The normalized spacial score (nSPS) is 10.6. The van der Waals surface area contributed by atoms with Gasteiger partial charge in [0.2, 0.25) is 0 Å². The molecule has 3 aromatic rings. The number of anilines is 2. The Morgan fingerprint density at radius 2 is 1.77 bits per heavy atom. The average Bonchev–Trinajstić information content (AvgIpc) is 2.53. The number of nitrogens with two attached hydrogens (primary N) is 1. The maximum atomic E-state index is 14.1. The van der Waals surface area contributed by atoms with Gasteiger partial charge in [0.15, 0.2) is 0 Å². The largest absolute Gasteiger partial charge is 0.398 e. The third-order valence-corrected chi connectivity index (χ3v) is 3.23. The minimum Gasteiger partial charge on any atom is -0.398 e. The van der Waals surface area contributed by atoms with E-state index in [2.05, 4.69) is 10.3 Å². The van der Waals surface area contributed by atoms with Gasteiger partial charge in [0, 0.05) is 23.0 Å². The Morgan fingerprint density at radius 3 is 2.50 bits per heavy atom. The lowest BCUT2D eigenvalue weighted by molar-refractivity contribution is 0.102. The number of carbonyl (C=O) groups excluding carboxylic acids is 1. The fraction of sp³-hybridized carbons (Fsp3) is 0. The van der Waals surface area contributed by atoms with Crippen molar-refractivity contribution in [3.63, 3.8) is 0 Å². The van der Waals surface area contributed by atoms with Crippen molar-refractivity contribution in [2.45, 2.75) is 0 Å². The van der Waals surface area contributed by atoms with Crippen LogP contribution in [0.5, 0.6) is 0 Å². The Balaban J connectivity index is 2.04. The highest BCUT2D eigenvalue weighted by Gasteiger charge is 2.16. The van der Waals surface area contributed by atoms with Crippen LogP contribution in [0.25, 0.3) is 10.8 Å². The molecular weight excluding hydrogens is 288 g/mol. The molecule has 0 bridgehead atoms. The van der Waals surface area contributed by atoms with Gasteiger partial charge in [-0.25, -0.2) is 8.78 Å². The summed E-state index contributed by atoms with van der Waals surface area (Å²) >= 11 is 0. The zero-order valence-corrected chi connectivity index (χ0v) is 11.3. The molecule has 3 N–H and O–H groups in total. The summed E-state index contributed by atoms with van der Waals surface area (Å²) in [6, 6.07) is 9.40. The molecule has 1 amide bonds. The summed E-state index contributed by atoms with van der Waals surface area (Å²) < 4.78 is 26.9. The Kier molecular flexibility index (Phi) is 3.42. The molecule has 6 heteroatoms. The number of nitrogens with one attached hydrogen (secondary N) is 1. The Hall–Kier alpha value is -3.02. The van der Waals surface area contributed by atoms with Crippen molar-refractivity contribution in [3.8, 4) is 0 Å². The molecule has 0 aliphatic heterocycles. The van der Waals surface area contributed by atoms with Crippen LogP contribution >= 0.6 is 0 Å². The van der Waals surface area contributed by atoms with E-state index in [1.807, 2.05) is 0 Å². The number of halogens is 2. The van der Waals surface area contributed by atoms with Crippen LogP contribution in [0, 0.1) is 11.6 Å². The third kappa shape index (κ3) is 2.46. The Morgan fingerprint density at radius 1 is 1.05 bits per heavy atom. The first-order chi connectivity index (χ1) is 10.6. The standard InChI is InChI=1S/C16H11F2N3O/c17-9-1-3-10(4-2-9)21-16(22)15-14-11(7-8-20-15)13(19)6-5-12(14)18/h1-8H,19H2,(H,21,22). The van der Waals surface area contributed by atoms with E-state index in [-0.39, 0.29) is 11.1 Å². The maximum absolute atomic E-state index is 14.1. The van der Waals surface area contributed by atoms with Crippen LogP contribution in [-0.2, 0) is 0 Å². The van der Waals surface area contributed by atoms with E-state index in [1.54, 1.807) is 6.07 Å². The van der Waals surface area contributed by atoms with Crippen LogP contribution in [0.15, 0.2) is 48.7 Å². The number of pyridine rings is 1. The molecule has 0 saturated heterocycles. The van der Waals surface area contributed by atoms with Gasteiger partial charge in [-0.3, -0.25) is 9.78 Å². The summed E-state index contributed by atoms with van der Waals surface area (Å²) in [5.74, 6) is -1.59. The van der Waals surface area contributed by atoms with Gasteiger partial charge >= 0.3 is 0 Å². The number of amides is 1. The van der Waals surface area contributed by atoms with Crippen molar-refractivity contribution in [1.82, 2.24) is 4.98 Å². The highest BCUT2D eigenvalue weighted by Crippen LogP contribution is 2.26. The first kappa shape index (κ1) is 13.9. The van der Waals surface area contributed by atoms with Crippen LogP contribution in [0.3, 0.4) is 0 Å². The van der Waals surface area contributed by atoms with Crippen molar-refractivity contribution in [1.29, 1.82) is 0 Å². The molecule has 0 fully saturated rings. The summed E-state index contributed by atoms with van der Waals surface area (Å²) in [6.45, 7) is 0. The number of nitrogen functional groups attached to an aromatic ring is 1. The van der Waals surface area contributed by atoms with E-state index in [9.17, 15) is 13.6 Å². The molecule has 0 unspecified atom stereocenters. The second-order valence-electron chi connectivity index (χ2n) is 4.68. The quantitative estimate of drug-likeness (QED) is 0.713. The first-order valence-electron chi connectivity index (χ1n) is 6.46. The van der Waals surface area contributed by atoms with Crippen LogP contribution in [0.4, 0.5) is 20.2 Å². The third-order valence-electron chi connectivity index (χ3n) is 3.23. The first-order valence-corrected chi connectivity index (χ1v) is 6.46. The van der Waals surface area contributed by atoms with Gasteiger partial charge in [-0.05, 0) is 42.5 Å². The Labute approximate surface area is 124 Å². The summed E-state index contributed by atoms with van der Waals surface area (Å²) in [7, 11) is 0. The fourth-order valence-corrected chi connectivity index (χ4v) is 2.18. The zero-order valence-electron chi connectivity index (χ0n) is 11.3. The molecule has 110 valence electrons. The van der Waals surface area contributed by atoms with E-state index >= 15 is 0 Å². The molecule has 0 aliphatic carbocycles. The molecule has 0 saturated carbocycles. The molecular formula is C16H11F2N3O. The van der Waals surface area contributed by atoms with E-state index in [4.69, 9.17) is 5.73 Å². The zero-order chi connectivity index (χ0) is 15.7. The maximum Gasteiger partial charge on any atom is 0.275 e. The SMILES string of the molecule is Nc1ccc(F)c2c(C(=O)Nc3ccc(F)cc3)nccc12. The molecule has 1 heterocycles. The predicted molar refractivity (Wildman–Crippen MR) is 80.5 cm³/mol. The molecule has 3 rings (SSSR count). The number of carbonyl (C=O) groups is 1. The van der Waals surface area contributed by atoms with Crippen molar-refractivity contribution in [2.24, 2.45) is 0 Å². The predicted octanol–water partition coefficient (Wildman–Crippen LogP) is 3.35. The second kappa shape index (κ2) is 5.40. The van der Waals surface area contributed by atoms with Gasteiger partial charge in [0.05, 0.1) is 5.39 Å². The molecule has 2 aromatic carbocycles. The monoisotopic (exact) mass is 299 g/mol. The van der Waals surface area contributed by atoms with Crippen molar-refractivity contribution in [2.75, 3.05) is 11.1 Å². The van der Waals surface area contributed by atoms with Crippen molar-refractivity contribution >= 4 is 28.1 Å². The molecule has 4 nitrogen and oxygen atoms in total. The van der Waals surface area contributed by atoms with Crippen molar-refractivity contribution in [3.05, 3.63) is 66.0 Å². The van der Waals surface area contributed by atoms with Crippen LogP contribution < -0.4 is 11.1 Å². The number of nitrogens with zero attached hydrogens (tertiary/aromatic N) is 1. The van der Waals surface area contributed by atoms with Gasteiger partial charge in [-0.2, -0.15) is 0 Å². The molecule has 0 spiro atoms. The number of aromatic nitrogens is 1. The van der Waals surface area contributed by atoms with Crippen LogP contribution in [0.2, 0.25) is 0 Å². The number of fused-ring (bicyclic) bond motifs is 1. The molecule has 22 heavy (non-hydrogen) atoms. The molecule has 0 atom stereocenters. The van der Waals surface area contributed by atoms with E-state index in [1.165, 1.54) is 42.6 Å². The van der Waals surface area contributed by atoms with Gasteiger partial charge in [0.1, 0.15) is 17.3 Å². The van der Waals surface area contributed by atoms with Gasteiger partial charge < -0.3 is 11.1 Å². The van der Waals surface area contributed by atoms with E-state index in [0.717, 1.165) is 0 Å². The van der Waals surface area contributed by atoms with E-state index < -0.39 is 17.5 Å². The molecule has 0 radical (unpaired) electrons. The Bertz CT molecular complexity index is 863. The number of rotatable bonds is 2. The number of benzene rings is 2. The highest BCUT2D eigenvalue weighted by molar-refractivity contribution is 6.13. The number of hydrogen-bond donors (Lipinski definition) is 2. The van der Waals surface area contributed by atoms with Crippen molar-refractivity contribution < 1.29 is 13.6 Å². The fourth-order valence-electron chi connectivity index (χ4n) is 2.18. The minimum atomic E-state index is -0.596. The average molecular weight is 299 g/mol. The highest BCUT2D eigenvalue weighted by atomic mass is 19.1. The lowest BCUT2D eigenvalue weighted by Gasteiger charge is -2.09. The van der Waals surface area contributed by atoms with Gasteiger partial charge in [-0.1, -0.05) is 0 Å². The summed E-state index contributed by atoms with van der Waals surface area (Å²) in [6.07, 6.45) is 1.39. The second-order valence-corrected chi connectivity index (χ2v) is 4.68. The van der Waals surface area contributed by atoms with Crippen LogP contribution in [-0.4, -0.2) is 10.9 Å². The lowest BCUT2D eigenvalue weighted by atomic mass is 10.1. The van der Waals surface area contributed by atoms with Gasteiger partial charge in [-0.15, -0.1) is 0 Å². The molecule has 1 aromatic heterocycles. The smallest absolute Gasteiger partial charge is 0.275 e. The summed E-state index contributed by atoms with van der Waals surface area (Å²) in [5, 5.41) is 3.02. The summed E-state index contributed by atoms with van der Waals surface area (Å²) in [5.41, 5.74) is 6.46. The lowest BCUT2D eigenvalue weighted by Crippen LogP contribution is -2.14. The molecule has 0 aliphatic rings. The van der Waals surface area contributed by atoms with Crippen LogP contribution in [0.1, 0.15) is 10.5 Å². The number of hydrogen-bond acceptors (Lipinski definition) is 3. The van der Waals surface area contributed by atoms with E-state index in [0.29, 0.717) is 16.8 Å². The minimum absolute atomic E-state index is 0.0575. The topological polar surface area (TPSA) is 68.0 Å². The van der Waals surface area contributed by atoms with Gasteiger partial charge in [0.25, 0.3) is 5.91 Å².